The summed E-state index contributed by atoms with van der Waals surface area (Å²) in [7, 11) is 0. The lowest BCUT2D eigenvalue weighted by Crippen LogP contribution is -2.38. The number of halogens is 2. The van der Waals surface area contributed by atoms with Gasteiger partial charge in [0.1, 0.15) is 5.82 Å². The average Bonchev–Trinajstić information content (AvgIpc) is 2.17. The number of anilines is 1. The molecule has 0 radical (unpaired) electrons. The first-order valence-electron chi connectivity index (χ1n) is 4.91. The molecular weight excluding hydrogens is 235 g/mol. The van der Waals surface area contributed by atoms with Gasteiger partial charge in [-0.25, -0.2) is 4.98 Å². The van der Waals surface area contributed by atoms with Crippen LogP contribution in [0.2, 0.25) is 10.0 Å². The van der Waals surface area contributed by atoms with Crippen molar-refractivity contribution in [1.82, 2.24) is 4.98 Å². The molecule has 1 aliphatic heterocycles. The lowest BCUT2D eigenvalue weighted by atomic mass is 10.1. The minimum absolute atomic E-state index is 0.285. The Kier molecular flexibility index (Phi) is 3.34. The van der Waals surface area contributed by atoms with Crippen LogP contribution < -0.4 is 4.90 Å². The van der Waals surface area contributed by atoms with Gasteiger partial charge in [-0.3, -0.25) is 0 Å². The molecule has 1 aliphatic rings. The molecule has 3 nitrogen and oxygen atoms in total. The first-order valence-corrected chi connectivity index (χ1v) is 5.66. The van der Waals surface area contributed by atoms with E-state index in [9.17, 15) is 5.11 Å². The summed E-state index contributed by atoms with van der Waals surface area (Å²) in [6, 6.07) is 1.67. The summed E-state index contributed by atoms with van der Waals surface area (Å²) in [5, 5.41) is 10.6. The van der Waals surface area contributed by atoms with E-state index in [-0.39, 0.29) is 6.10 Å². The number of aliphatic hydroxyl groups excluding tert-OH is 1. The zero-order valence-corrected chi connectivity index (χ0v) is 9.67. The largest absolute Gasteiger partial charge is 0.391 e. The minimum Gasteiger partial charge on any atom is -0.391 e. The normalized spacial score (nSPS) is 21.8. The molecule has 0 unspecified atom stereocenters. The highest BCUT2D eigenvalue weighted by atomic mass is 35.5. The number of aliphatic hydroxyl groups is 1. The maximum absolute atomic E-state index is 9.55. The van der Waals surface area contributed by atoms with E-state index in [0.29, 0.717) is 22.4 Å². The Morgan fingerprint density at radius 3 is 2.93 bits per heavy atom. The monoisotopic (exact) mass is 246 g/mol. The van der Waals surface area contributed by atoms with Gasteiger partial charge in [0.2, 0.25) is 0 Å². The van der Waals surface area contributed by atoms with E-state index in [4.69, 9.17) is 23.2 Å². The molecule has 2 heterocycles. The fourth-order valence-corrected chi connectivity index (χ4v) is 2.29. The fraction of sp³-hybridized carbons (Fsp3) is 0.500. The van der Waals surface area contributed by atoms with Crippen LogP contribution in [0.4, 0.5) is 5.82 Å². The minimum atomic E-state index is -0.285. The molecule has 0 bridgehead atoms. The molecule has 1 aromatic heterocycles. The smallest absolute Gasteiger partial charge is 0.147 e. The van der Waals surface area contributed by atoms with Gasteiger partial charge in [-0.2, -0.15) is 0 Å². The van der Waals surface area contributed by atoms with Gasteiger partial charge < -0.3 is 10.0 Å². The lowest BCUT2D eigenvalue weighted by molar-refractivity contribution is 0.154. The maximum atomic E-state index is 9.55. The molecule has 0 amide bonds. The number of hydrogen-bond donors (Lipinski definition) is 1. The molecule has 0 spiro atoms. The van der Waals surface area contributed by atoms with Crippen LogP contribution in [-0.4, -0.2) is 29.3 Å². The Labute approximate surface area is 98.6 Å². The van der Waals surface area contributed by atoms with Crippen molar-refractivity contribution in [3.63, 3.8) is 0 Å². The Hall–Kier alpha value is -0.510. The SMILES string of the molecule is O[C@H]1CCCN(c2ncc(Cl)cc2Cl)C1. The molecule has 15 heavy (non-hydrogen) atoms. The van der Waals surface area contributed by atoms with Crippen molar-refractivity contribution in [2.45, 2.75) is 18.9 Å². The van der Waals surface area contributed by atoms with E-state index < -0.39 is 0 Å². The Morgan fingerprint density at radius 1 is 1.47 bits per heavy atom. The molecule has 0 aliphatic carbocycles. The van der Waals surface area contributed by atoms with Gasteiger partial charge in [0.25, 0.3) is 0 Å². The maximum Gasteiger partial charge on any atom is 0.147 e. The standard InChI is InChI=1S/C10H12Cl2N2O/c11-7-4-9(12)10(13-5-7)14-3-1-2-8(15)6-14/h4-5,8,15H,1-3,6H2/t8-/m0/s1. The summed E-state index contributed by atoms with van der Waals surface area (Å²) >= 11 is 11.8. The molecule has 5 heteroatoms. The predicted molar refractivity (Wildman–Crippen MR) is 61.7 cm³/mol. The Balaban J connectivity index is 2.21. The third kappa shape index (κ3) is 2.54. The van der Waals surface area contributed by atoms with Crippen molar-refractivity contribution >= 4 is 29.0 Å². The lowest BCUT2D eigenvalue weighted by Gasteiger charge is -2.31. The first-order chi connectivity index (χ1) is 7.16. The topological polar surface area (TPSA) is 36.4 Å². The zero-order valence-electron chi connectivity index (χ0n) is 8.16. The highest BCUT2D eigenvalue weighted by molar-refractivity contribution is 6.36. The number of rotatable bonds is 1. The zero-order chi connectivity index (χ0) is 10.8. The van der Waals surface area contributed by atoms with Gasteiger partial charge in [0, 0.05) is 19.3 Å². The molecule has 1 saturated heterocycles. The molecule has 82 valence electrons. The summed E-state index contributed by atoms with van der Waals surface area (Å²) in [6.45, 7) is 1.47. The van der Waals surface area contributed by atoms with Crippen molar-refractivity contribution in [3.8, 4) is 0 Å². The van der Waals surface area contributed by atoms with Crippen LogP contribution in [0.25, 0.3) is 0 Å². The van der Waals surface area contributed by atoms with Crippen LogP contribution in [0, 0.1) is 0 Å². The predicted octanol–water partition coefficient (Wildman–Crippen LogP) is 2.35. The molecule has 1 aromatic rings. The van der Waals surface area contributed by atoms with Crippen LogP contribution in [0.1, 0.15) is 12.8 Å². The molecule has 1 atom stereocenters. The van der Waals surface area contributed by atoms with Crippen molar-refractivity contribution < 1.29 is 5.11 Å². The van der Waals surface area contributed by atoms with Gasteiger partial charge in [-0.15, -0.1) is 0 Å². The first kappa shape index (κ1) is 11.0. The number of β-amino-alcohol motifs (C(OH)–C–C–N with tert-alkyl or cyclic N) is 1. The van der Waals surface area contributed by atoms with E-state index >= 15 is 0 Å². The molecule has 1 N–H and O–H groups in total. The van der Waals surface area contributed by atoms with E-state index in [0.717, 1.165) is 19.4 Å². The Bertz CT molecular complexity index is 359. The third-order valence-corrected chi connectivity index (χ3v) is 2.97. The van der Waals surface area contributed by atoms with E-state index in [1.54, 1.807) is 12.3 Å². The van der Waals surface area contributed by atoms with Gasteiger partial charge >= 0.3 is 0 Å². The molecule has 0 saturated carbocycles. The summed E-state index contributed by atoms with van der Waals surface area (Å²) < 4.78 is 0. The van der Waals surface area contributed by atoms with Crippen LogP contribution in [0.5, 0.6) is 0 Å². The number of piperidine rings is 1. The van der Waals surface area contributed by atoms with Gasteiger partial charge in [0.05, 0.1) is 16.1 Å². The molecule has 2 rings (SSSR count). The molecular formula is C10H12Cl2N2O. The van der Waals surface area contributed by atoms with Crippen LogP contribution >= 0.6 is 23.2 Å². The quantitative estimate of drug-likeness (QED) is 0.827. The highest BCUT2D eigenvalue weighted by Crippen LogP contribution is 2.27. The van der Waals surface area contributed by atoms with E-state index in [2.05, 4.69) is 4.98 Å². The van der Waals surface area contributed by atoms with E-state index in [1.807, 2.05) is 4.90 Å². The Morgan fingerprint density at radius 2 is 2.27 bits per heavy atom. The van der Waals surface area contributed by atoms with Crippen molar-refractivity contribution in [1.29, 1.82) is 0 Å². The summed E-state index contributed by atoms with van der Waals surface area (Å²) in [6.07, 6.45) is 3.10. The van der Waals surface area contributed by atoms with Crippen LogP contribution in [-0.2, 0) is 0 Å². The molecule has 1 fully saturated rings. The van der Waals surface area contributed by atoms with E-state index in [1.165, 1.54) is 0 Å². The van der Waals surface area contributed by atoms with Crippen LogP contribution in [0.15, 0.2) is 12.3 Å². The van der Waals surface area contributed by atoms with Gasteiger partial charge in [-0.1, -0.05) is 23.2 Å². The summed E-state index contributed by atoms with van der Waals surface area (Å²) in [5.74, 6) is 0.708. The number of nitrogens with zero attached hydrogens (tertiary/aromatic N) is 2. The van der Waals surface area contributed by atoms with Crippen molar-refractivity contribution in [2.75, 3.05) is 18.0 Å². The number of pyridine rings is 1. The van der Waals surface area contributed by atoms with Crippen LogP contribution in [0.3, 0.4) is 0 Å². The van der Waals surface area contributed by atoms with Gasteiger partial charge in [0.15, 0.2) is 0 Å². The second-order valence-corrected chi connectivity index (χ2v) is 4.54. The number of hydrogen-bond acceptors (Lipinski definition) is 3. The van der Waals surface area contributed by atoms with Gasteiger partial charge in [-0.05, 0) is 18.9 Å². The van der Waals surface area contributed by atoms with Crippen molar-refractivity contribution in [2.24, 2.45) is 0 Å². The highest BCUT2D eigenvalue weighted by Gasteiger charge is 2.20. The second kappa shape index (κ2) is 4.56. The average molecular weight is 247 g/mol. The second-order valence-electron chi connectivity index (χ2n) is 3.70. The molecule has 0 aromatic carbocycles. The third-order valence-electron chi connectivity index (χ3n) is 2.48. The number of aromatic nitrogens is 1. The van der Waals surface area contributed by atoms with Crippen molar-refractivity contribution in [3.05, 3.63) is 22.3 Å². The summed E-state index contributed by atoms with van der Waals surface area (Å²) in [4.78, 5) is 6.18. The summed E-state index contributed by atoms with van der Waals surface area (Å²) in [5.41, 5.74) is 0. The fourth-order valence-electron chi connectivity index (χ4n) is 1.79.